The van der Waals surface area contributed by atoms with Gasteiger partial charge in [0.15, 0.2) is 5.82 Å². The number of hydrogen-bond acceptors (Lipinski definition) is 6. The van der Waals surface area contributed by atoms with E-state index in [0.717, 1.165) is 18.5 Å². The Kier molecular flexibility index (Phi) is 4.25. The van der Waals surface area contributed by atoms with E-state index in [1.165, 1.54) is 6.33 Å². The third kappa shape index (κ3) is 3.03. The molecule has 0 amide bonds. The minimum Gasteiger partial charge on any atom is -0.463 e. The van der Waals surface area contributed by atoms with Crippen molar-refractivity contribution in [2.75, 3.05) is 12.3 Å². The van der Waals surface area contributed by atoms with Crippen LogP contribution in [0.15, 0.2) is 12.4 Å². The summed E-state index contributed by atoms with van der Waals surface area (Å²) in [5.41, 5.74) is 7.82. The third-order valence-corrected chi connectivity index (χ3v) is 3.96. The topological polar surface area (TPSA) is 91.7 Å². The predicted octanol–water partition coefficient (Wildman–Crippen LogP) is 0.525. The second-order valence-electron chi connectivity index (χ2n) is 6.04. The van der Waals surface area contributed by atoms with Gasteiger partial charge < -0.3 is 15.2 Å². The predicted molar refractivity (Wildman–Crippen MR) is 85.4 cm³/mol. The average molecular weight is 314 g/mol. The SMILES string of the molecule is [B]c1cc([C@H]2CCC(COC(=O)C(C)C)O2)n2ncnc(N)c12. The number of carbonyl (C=O) groups is 1. The number of carbonyl (C=O) groups excluding carboxylic acids is 1. The molecule has 2 atom stereocenters. The van der Waals surface area contributed by atoms with Crippen molar-refractivity contribution in [3.8, 4) is 0 Å². The number of esters is 1. The van der Waals surface area contributed by atoms with Crippen LogP contribution in [0.1, 0.15) is 38.5 Å². The highest BCUT2D eigenvalue weighted by molar-refractivity contribution is 6.37. The van der Waals surface area contributed by atoms with Crippen molar-refractivity contribution in [3.63, 3.8) is 0 Å². The molecule has 1 aliphatic rings. The zero-order chi connectivity index (χ0) is 16.6. The lowest BCUT2D eigenvalue weighted by atomic mass is 9.97. The summed E-state index contributed by atoms with van der Waals surface area (Å²) in [7, 11) is 6.01. The van der Waals surface area contributed by atoms with Crippen molar-refractivity contribution >= 4 is 30.6 Å². The first-order chi connectivity index (χ1) is 11.0. The van der Waals surface area contributed by atoms with Gasteiger partial charge in [0.1, 0.15) is 32.4 Å². The van der Waals surface area contributed by atoms with Crippen LogP contribution in [-0.4, -0.2) is 41.1 Å². The summed E-state index contributed by atoms with van der Waals surface area (Å²) < 4.78 is 12.9. The maximum absolute atomic E-state index is 11.5. The maximum Gasteiger partial charge on any atom is 0.308 e. The van der Waals surface area contributed by atoms with Gasteiger partial charge in [-0.15, -0.1) is 0 Å². The van der Waals surface area contributed by atoms with Gasteiger partial charge in [-0.05, 0) is 18.9 Å². The molecule has 1 aliphatic heterocycles. The van der Waals surface area contributed by atoms with Crippen molar-refractivity contribution in [3.05, 3.63) is 18.1 Å². The van der Waals surface area contributed by atoms with Crippen molar-refractivity contribution < 1.29 is 14.3 Å². The monoisotopic (exact) mass is 314 g/mol. The van der Waals surface area contributed by atoms with E-state index in [1.54, 1.807) is 18.4 Å². The molecule has 7 nitrogen and oxygen atoms in total. The van der Waals surface area contributed by atoms with Crippen LogP contribution in [0.25, 0.3) is 5.52 Å². The van der Waals surface area contributed by atoms with E-state index in [4.69, 9.17) is 23.1 Å². The molecule has 0 aliphatic carbocycles. The van der Waals surface area contributed by atoms with Crippen molar-refractivity contribution in [2.45, 2.75) is 38.9 Å². The molecule has 1 fully saturated rings. The van der Waals surface area contributed by atoms with Gasteiger partial charge in [0.2, 0.25) is 0 Å². The summed E-state index contributed by atoms with van der Waals surface area (Å²) in [4.78, 5) is 15.5. The summed E-state index contributed by atoms with van der Waals surface area (Å²) in [5.74, 6) is -0.0136. The van der Waals surface area contributed by atoms with Gasteiger partial charge in [0.05, 0.1) is 17.7 Å². The number of ether oxygens (including phenoxy) is 2. The maximum atomic E-state index is 11.5. The zero-order valence-corrected chi connectivity index (χ0v) is 13.2. The molecular weight excluding hydrogens is 295 g/mol. The second-order valence-corrected chi connectivity index (χ2v) is 6.04. The van der Waals surface area contributed by atoms with Crippen LogP contribution in [0, 0.1) is 5.92 Å². The Labute approximate surface area is 135 Å². The van der Waals surface area contributed by atoms with Crippen LogP contribution in [0.2, 0.25) is 0 Å². The molecule has 23 heavy (non-hydrogen) atoms. The highest BCUT2D eigenvalue weighted by Gasteiger charge is 2.30. The second kappa shape index (κ2) is 6.19. The third-order valence-electron chi connectivity index (χ3n) is 3.96. The van der Waals surface area contributed by atoms with E-state index in [1.807, 2.05) is 6.07 Å². The highest BCUT2D eigenvalue weighted by Crippen LogP contribution is 2.33. The van der Waals surface area contributed by atoms with Gasteiger partial charge in [-0.2, -0.15) is 5.10 Å². The van der Waals surface area contributed by atoms with E-state index in [9.17, 15) is 4.79 Å². The molecule has 2 aromatic rings. The Morgan fingerprint density at radius 1 is 1.57 bits per heavy atom. The Morgan fingerprint density at radius 3 is 3.09 bits per heavy atom. The molecule has 1 unspecified atom stereocenters. The first-order valence-corrected chi connectivity index (χ1v) is 7.67. The molecule has 2 radical (unpaired) electrons. The summed E-state index contributed by atoms with van der Waals surface area (Å²) in [6.07, 6.45) is 2.73. The fourth-order valence-corrected chi connectivity index (χ4v) is 2.74. The molecule has 2 aromatic heterocycles. The number of aromatic nitrogens is 3. The first-order valence-electron chi connectivity index (χ1n) is 7.67. The Balaban J connectivity index is 1.72. The summed E-state index contributed by atoms with van der Waals surface area (Å²) >= 11 is 0. The van der Waals surface area contributed by atoms with E-state index in [-0.39, 0.29) is 30.7 Å². The van der Waals surface area contributed by atoms with Gasteiger partial charge in [-0.1, -0.05) is 19.3 Å². The van der Waals surface area contributed by atoms with E-state index < -0.39 is 0 Å². The number of nitrogens with two attached hydrogens (primary N) is 1. The molecular formula is C15H19BN4O3. The first kappa shape index (κ1) is 15.8. The van der Waals surface area contributed by atoms with Crippen molar-refractivity contribution in [1.29, 1.82) is 0 Å². The lowest BCUT2D eigenvalue weighted by Crippen LogP contribution is -2.21. The molecule has 0 bridgehead atoms. The molecule has 1 saturated heterocycles. The molecule has 3 rings (SSSR count). The summed E-state index contributed by atoms with van der Waals surface area (Å²) in [6, 6.07) is 1.81. The molecule has 3 heterocycles. The van der Waals surface area contributed by atoms with Crippen LogP contribution in [0.5, 0.6) is 0 Å². The number of nitrogens with zero attached hydrogens (tertiary/aromatic N) is 3. The van der Waals surface area contributed by atoms with Crippen LogP contribution < -0.4 is 11.2 Å². The Hall–Kier alpha value is -2.09. The van der Waals surface area contributed by atoms with Gasteiger partial charge in [0.25, 0.3) is 0 Å². The number of fused-ring (bicyclic) bond motifs is 1. The molecule has 8 heteroatoms. The summed E-state index contributed by atoms with van der Waals surface area (Å²) in [5, 5.41) is 4.21. The molecule has 0 saturated carbocycles. The zero-order valence-electron chi connectivity index (χ0n) is 13.2. The number of hydrogen-bond donors (Lipinski definition) is 1. The quantitative estimate of drug-likeness (QED) is 0.653. The minimum absolute atomic E-state index is 0.117. The standard InChI is InChI=1S/C15H19BN4O3/c1-8(2)15(21)22-6-9-3-4-12(23-9)11-5-10(16)13-14(17)18-7-19-20(11)13/h5,7-9,12H,3-4,6H2,1-2H3,(H2,17,18,19)/t9?,12-/m1/s1. The lowest BCUT2D eigenvalue weighted by Gasteiger charge is -2.14. The van der Waals surface area contributed by atoms with Gasteiger partial charge >= 0.3 is 5.97 Å². The normalized spacial score (nSPS) is 21.2. The summed E-state index contributed by atoms with van der Waals surface area (Å²) in [6.45, 7) is 3.88. The van der Waals surface area contributed by atoms with E-state index >= 15 is 0 Å². The van der Waals surface area contributed by atoms with Gasteiger partial charge in [-0.25, -0.2) is 9.50 Å². The molecule has 120 valence electrons. The number of anilines is 1. The smallest absolute Gasteiger partial charge is 0.308 e. The average Bonchev–Trinajstić information content (AvgIpc) is 3.10. The van der Waals surface area contributed by atoms with Crippen LogP contribution in [0.3, 0.4) is 0 Å². The van der Waals surface area contributed by atoms with Crippen molar-refractivity contribution in [1.82, 2.24) is 14.6 Å². The fraction of sp³-hybridized carbons (Fsp3) is 0.533. The number of nitrogen functional groups attached to an aromatic ring is 1. The van der Waals surface area contributed by atoms with E-state index in [2.05, 4.69) is 10.1 Å². The van der Waals surface area contributed by atoms with Crippen LogP contribution in [-0.2, 0) is 14.3 Å². The van der Waals surface area contributed by atoms with Crippen LogP contribution >= 0.6 is 0 Å². The van der Waals surface area contributed by atoms with Crippen LogP contribution in [0.4, 0.5) is 5.82 Å². The fourth-order valence-electron chi connectivity index (χ4n) is 2.74. The molecule has 0 spiro atoms. The molecule has 0 aromatic carbocycles. The molecule has 2 N–H and O–H groups in total. The Morgan fingerprint density at radius 2 is 2.35 bits per heavy atom. The van der Waals surface area contributed by atoms with E-state index in [0.29, 0.717) is 16.8 Å². The van der Waals surface area contributed by atoms with Gasteiger partial charge in [0, 0.05) is 0 Å². The Bertz CT molecular complexity index is 731. The minimum atomic E-state index is -0.213. The largest absolute Gasteiger partial charge is 0.463 e. The van der Waals surface area contributed by atoms with Gasteiger partial charge in [-0.3, -0.25) is 4.79 Å². The highest BCUT2D eigenvalue weighted by atomic mass is 16.6. The number of rotatable bonds is 4. The lowest BCUT2D eigenvalue weighted by molar-refractivity contribution is -0.151. The van der Waals surface area contributed by atoms with Crippen molar-refractivity contribution in [2.24, 2.45) is 5.92 Å².